The zero-order valence-electron chi connectivity index (χ0n) is 7.46. The molecule has 2 bridgehead atoms. The van der Waals surface area contributed by atoms with Crippen molar-refractivity contribution in [2.45, 2.75) is 39.2 Å². The van der Waals surface area contributed by atoms with E-state index in [1.54, 1.807) is 13.8 Å². The van der Waals surface area contributed by atoms with Crippen LogP contribution in [0.25, 0.3) is 0 Å². The van der Waals surface area contributed by atoms with E-state index < -0.39 is 0 Å². The zero-order chi connectivity index (χ0) is 8.27. The summed E-state index contributed by atoms with van der Waals surface area (Å²) >= 11 is 0. The molecule has 1 saturated carbocycles. The average Bonchev–Trinajstić information content (AvgIpc) is 2.45. The van der Waals surface area contributed by atoms with Crippen molar-refractivity contribution in [3.8, 4) is 0 Å². The Labute approximate surface area is 69.1 Å². The summed E-state index contributed by atoms with van der Waals surface area (Å²) in [6.07, 6.45) is 9.02. The molecule has 0 radical (unpaired) electrons. The summed E-state index contributed by atoms with van der Waals surface area (Å²) in [5, 5.41) is 8.06. The summed E-state index contributed by atoms with van der Waals surface area (Å²) in [5.74, 6) is 1.98. The van der Waals surface area contributed by atoms with E-state index in [4.69, 9.17) is 5.11 Å². The van der Waals surface area contributed by atoms with E-state index in [1.165, 1.54) is 19.3 Å². The number of hydrogen-bond acceptors (Lipinski definition) is 1. The highest BCUT2D eigenvalue weighted by Crippen LogP contribution is 2.38. The van der Waals surface area contributed by atoms with Crippen molar-refractivity contribution in [1.29, 1.82) is 0 Å². The molecule has 0 aromatic heterocycles. The number of aliphatic hydroxyl groups is 1. The number of aliphatic hydroxyl groups excluding tert-OH is 1. The first kappa shape index (κ1) is 8.79. The number of allylic oxidation sites excluding steroid dienone is 2. The second-order valence-electron chi connectivity index (χ2n) is 3.81. The summed E-state index contributed by atoms with van der Waals surface area (Å²) in [6, 6.07) is 0. The molecule has 2 aliphatic rings. The van der Waals surface area contributed by atoms with Crippen LogP contribution in [0.1, 0.15) is 33.1 Å². The Hall–Kier alpha value is -0.300. The predicted molar refractivity (Wildman–Crippen MR) is 47.3 cm³/mol. The summed E-state index contributed by atoms with van der Waals surface area (Å²) in [7, 11) is 0. The highest BCUT2D eigenvalue weighted by molar-refractivity contribution is 5.06. The largest absolute Gasteiger partial charge is 0.394 e. The zero-order valence-corrected chi connectivity index (χ0v) is 7.46. The fraction of sp³-hybridized carbons (Fsp3) is 0.800. The molecule has 64 valence electrons. The van der Waals surface area contributed by atoms with Crippen LogP contribution in [0, 0.1) is 11.8 Å². The molecular formula is C10H18O. The topological polar surface area (TPSA) is 20.2 Å². The SMILES string of the molecule is C1=CC2CCC1C2.CC(C)O. The molecule has 0 heterocycles. The molecule has 0 aromatic rings. The predicted octanol–water partition coefficient (Wildman–Crippen LogP) is 2.36. The molecule has 1 nitrogen and oxygen atoms in total. The number of rotatable bonds is 0. The fourth-order valence-corrected chi connectivity index (χ4v) is 1.72. The minimum Gasteiger partial charge on any atom is -0.394 e. The van der Waals surface area contributed by atoms with Crippen molar-refractivity contribution in [3.05, 3.63) is 12.2 Å². The second kappa shape index (κ2) is 3.91. The van der Waals surface area contributed by atoms with Crippen LogP contribution in [-0.4, -0.2) is 11.2 Å². The van der Waals surface area contributed by atoms with Crippen LogP contribution in [0.5, 0.6) is 0 Å². The third kappa shape index (κ3) is 3.06. The lowest BCUT2D eigenvalue weighted by Crippen LogP contribution is -1.85. The van der Waals surface area contributed by atoms with Crippen LogP contribution < -0.4 is 0 Å². The van der Waals surface area contributed by atoms with E-state index in [9.17, 15) is 0 Å². The van der Waals surface area contributed by atoms with Gasteiger partial charge in [0.1, 0.15) is 0 Å². The van der Waals surface area contributed by atoms with Crippen LogP contribution in [-0.2, 0) is 0 Å². The van der Waals surface area contributed by atoms with Crippen molar-refractivity contribution in [2.24, 2.45) is 11.8 Å². The average molecular weight is 154 g/mol. The molecule has 1 N–H and O–H groups in total. The monoisotopic (exact) mass is 154 g/mol. The van der Waals surface area contributed by atoms with Crippen LogP contribution in [0.3, 0.4) is 0 Å². The van der Waals surface area contributed by atoms with Crippen LogP contribution >= 0.6 is 0 Å². The third-order valence-corrected chi connectivity index (χ3v) is 2.17. The number of fused-ring (bicyclic) bond motifs is 2. The molecule has 2 aliphatic carbocycles. The van der Waals surface area contributed by atoms with Crippen molar-refractivity contribution in [3.63, 3.8) is 0 Å². The molecule has 2 rings (SSSR count). The summed E-state index contributed by atoms with van der Waals surface area (Å²) < 4.78 is 0. The Morgan fingerprint density at radius 3 is 1.64 bits per heavy atom. The minimum absolute atomic E-state index is 0.167. The lowest BCUT2D eigenvalue weighted by Gasteiger charge is -1.96. The van der Waals surface area contributed by atoms with E-state index in [0.717, 1.165) is 11.8 Å². The maximum atomic E-state index is 8.06. The summed E-state index contributed by atoms with van der Waals surface area (Å²) in [6.45, 7) is 3.44. The van der Waals surface area contributed by atoms with Gasteiger partial charge in [-0.05, 0) is 44.9 Å². The van der Waals surface area contributed by atoms with Gasteiger partial charge in [-0.15, -0.1) is 0 Å². The van der Waals surface area contributed by atoms with Gasteiger partial charge < -0.3 is 5.11 Å². The molecule has 11 heavy (non-hydrogen) atoms. The Kier molecular flexibility index (Phi) is 3.13. The molecule has 2 atom stereocenters. The molecular weight excluding hydrogens is 136 g/mol. The normalized spacial score (nSPS) is 32.4. The Bertz CT molecular complexity index is 123. The van der Waals surface area contributed by atoms with E-state index in [0.29, 0.717) is 0 Å². The Morgan fingerprint density at radius 1 is 1.18 bits per heavy atom. The van der Waals surface area contributed by atoms with Gasteiger partial charge in [-0.2, -0.15) is 0 Å². The smallest absolute Gasteiger partial charge is 0.0483 e. The molecule has 0 spiro atoms. The highest BCUT2D eigenvalue weighted by Gasteiger charge is 2.25. The number of hydrogen-bond donors (Lipinski definition) is 1. The molecule has 0 aliphatic heterocycles. The lowest BCUT2D eigenvalue weighted by molar-refractivity contribution is 0.216. The molecule has 0 amide bonds. The minimum atomic E-state index is -0.167. The van der Waals surface area contributed by atoms with Crippen molar-refractivity contribution < 1.29 is 5.11 Å². The molecule has 1 heteroatoms. The van der Waals surface area contributed by atoms with E-state index in [2.05, 4.69) is 12.2 Å². The maximum Gasteiger partial charge on any atom is 0.0483 e. The van der Waals surface area contributed by atoms with E-state index in [-0.39, 0.29) is 6.10 Å². The van der Waals surface area contributed by atoms with Gasteiger partial charge in [0.25, 0.3) is 0 Å². The van der Waals surface area contributed by atoms with Crippen LogP contribution in [0.15, 0.2) is 12.2 Å². The van der Waals surface area contributed by atoms with Gasteiger partial charge in [0, 0.05) is 6.10 Å². The van der Waals surface area contributed by atoms with Gasteiger partial charge in [0.05, 0.1) is 0 Å². The first-order valence-electron chi connectivity index (χ1n) is 4.55. The van der Waals surface area contributed by atoms with Crippen molar-refractivity contribution >= 4 is 0 Å². The van der Waals surface area contributed by atoms with Crippen molar-refractivity contribution in [1.82, 2.24) is 0 Å². The first-order chi connectivity index (χ1) is 5.18. The third-order valence-electron chi connectivity index (χ3n) is 2.17. The second-order valence-corrected chi connectivity index (χ2v) is 3.81. The van der Waals surface area contributed by atoms with Crippen molar-refractivity contribution in [2.75, 3.05) is 0 Å². The van der Waals surface area contributed by atoms with E-state index in [1.807, 2.05) is 0 Å². The van der Waals surface area contributed by atoms with Gasteiger partial charge in [-0.25, -0.2) is 0 Å². The summed E-state index contributed by atoms with van der Waals surface area (Å²) in [4.78, 5) is 0. The van der Waals surface area contributed by atoms with E-state index >= 15 is 0 Å². The van der Waals surface area contributed by atoms with Gasteiger partial charge >= 0.3 is 0 Å². The quantitative estimate of drug-likeness (QED) is 0.531. The molecule has 0 aromatic carbocycles. The lowest BCUT2D eigenvalue weighted by atomic mass is 10.1. The Morgan fingerprint density at radius 2 is 1.55 bits per heavy atom. The standard InChI is InChI=1S/C7H10.C3H8O/c1-2-7-4-3-6(1)5-7;1-3(2)4/h1-2,6-7H,3-5H2;3-4H,1-2H3. The fourth-order valence-electron chi connectivity index (χ4n) is 1.72. The molecule has 1 fully saturated rings. The van der Waals surface area contributed by atoms with Gasteiger partial charge in [-0.1, -0.05) is 12.2 Å². The highest BCUT2D eigenvalue weighted by atomic mass is 16.3. The summed E-state index contributed by atoms with van der Waals surface area (Å²) in [5.41, 5.74) is 0. The van der Waals surface area contributed by atoms with Gasteiger partial charge in [-0.3, -0.25) is 0 Å². The molecule has 0 saturated heterocycles. The Balaban J connectivity index is 0.000000134. The maximum absolute atomic E-state index is 8.06. The van der Waals surface area contributed by atoms with Crippen LogP contribution in [0.4, 0.5) is 0 Å². The van der Waals surface area contributed by atoms with Crippen LogP contribution in [0.2, 0.25) is 0 Å². The first-order valence-corrected chi connectivity index (χ1v) is 4.55. The van der Waals surface area contributed by atoms with Gasteiger partial charge in [0.2, 0.25) is 0 Å². The molecule has 2 unspecified atom stereocenters. The van der Waals surface area contributed by atoms with Gasteiger partial charge in [0.15, 0.2) is 0 Å².